The van der Waals surface area contributed by atoms with Crippen molar-refractivity contribution < 1.29 is 22.7 Å². The molecule has 1 atom stereocenters. The van der Waals surface area contributed by atoms with Crippen LogP contribution in [0, 0.1) is 0 Å². The summed E-state index contributed by atoms with van der Waals surface area (Å²) in [5, 5.41) is 5.81. The van der Waals surface area contributed by atoms with Crippen molar-refractivity contribution in [1.82, 2.24) is 15.0 Å². The Kier molecular flexibility index (Phi) is 6.03. The quantitative estimate of drug-likeness (QED) is 0.493. The number of hydrogen-bond donors (Lipinski definition) is 2. The molecule has 0 aromatic carbocycles. The maximum atomic E-state index is 13.1. The van der Waals surface area contributed by atoms with E-state index in [0.717, 1.165) is 11.3 Å². The van der Waals surface area contributed by atoms with E-state index in [4.69, 9.17) is 16.3 Å². The highest BCUT2D eigenvalue weighted by atomic mass is 35.5. The molecule has 158 valence electrons. The van der Waals surface area contributed by atoms with Crippen molar-refractivity contribution in [3.63, 3.8) is 0 Å². The lowest BCUT2D eigenvalue weighted by Crippen LogP contribution is -2.45. The minimum Gasteiger partial charge on any atom is -0.465 e. The number of alkyl halides is 3. The molecule has 1 saturated heterocycles. The van der Waals surface area contributed by atoms with Gasteiger partial charge in [0.2, 0.25) is 5.95 Å². The van der Waals surface area contributed by atoms with Crippen molar-refractivity contribution in [3.8, 4) is 0 Å². The lowest BCUT2D eigenvalue weighted by molar-refractivity contribution is -0.142. The van der Waals surface area contributed by atoms with Gasteiger partial charge in [0.15, 0.2) is 5.15 Å². The van der Waals surface area contributed by atoms with Gasteiger partial charge in [-0.05, 0) is 6.92 Å². The van der Waals surface area contributed by atoms with Gasteiger partial charge in [0.25, 0.3) is 0 Å². The number of carbonyl (C=O) groups is 1. The Morgan fingerprint density at radius 3 is 2.57 bits per heavy atom. The van der Waals surface area contributed by atoms with Crippen molar-refractivity contribution in [2.45, 2.75) is 30.0 Å². The number of carbonyl (C=O) groups excluding carboxylic acids is 1. The minimum atomic E-state index is -4.59. The molecule has 2 aromatic rings. The fourth-order valence-corrected chi connectivity index (χ4v) is 4.90. The number of rotatable bonds is 6. The lowest BCUT2D eigenvalue weighted by atomic mass is 9.32. The second-order valence-corrected chi connectivity index (χ2v) is 9.15. The number of cyclic esters (lactones) is 1. The number of ether oxygens (including phenoxy) is 1. The smallest absolute Gasteiger partial charge is 0.421 e. The Hall–Kier alpha value is -1.95. The lowest BCUT2D eigenvalue weighted by Gasteiger charge is -2.36. The fraction of sp³-hybridized carbons (Fsp3) is 0.467. The van der Waals surface area contributed by atoms with Crippen LogP contribution < -0.4 is 10.6 Å². The second-order valence-electron chi connectivity index (χ2n) is 7.79. The largest absolute Gasteiger partial charge is 0.465 e. The van der Waals surface area contributed by atoms with E-state index in [1.54, 1.807) is 6.92 Å². The third-order valence-corrected chi connectivity index (χ3v) is 6.47. The highest BCUT2D eigenvalue weighted by molar-refractivity contribution is 7.16. The molecule has 1 aliphatic heterocycles. The standard InChI is InChI=1S/C15H18B3ClF3N5O2S/c1-2-23-8-6(14(20,21)22)5-24-12(26-8)27-9-7(19)25-10(30-9)13(15(16,17)18)3-4-29-11(13)28/h5H,2-4,16-18H2,1H3,(H2,23,24,26,27)/t13-/m0/s1. The van der Waals surface area contributed by atoms with Crippen LogP contribution in [0.25, 0.3) is 0 Å². The molecule has 2 N–H and O–H groups in total. The number of anilines is 3. The van der Waals surface area contributed by atoms with Crippen molar-refractivity contribution >= 4 is 69.2 Å². The number of hydrogen-bond acceptors (Lipinski definition) is 8. The van der Waals surface area contributed by atoms with Gasteiger partial charge < -0.3 is 15.4 Å². The molecule has 7 nitrogen and oxygen atoms in total. The summed E-state index contributed by atoms with van der Waals surface area (Å²) in [6.07, 6.45) is -3.43. The average Bonchev–Trinajstić information content (AvgIpc) is 3.18. The van der Waals surface area contributed by atoms with E-state index in [2.05, 4.69) is 25.6 Å². The number of nitrogens with one attached hydrogen (secondary N) is 2. The first kappa shape index (κ1) is 22.7. The van der Waals surface area contributed by atoms with Gasteiger partial charge in [-0.1, -0.05) is 28.1 Å². The summed E-state index contributed by atoms with van der Waals surface area (Å²) in [6, 6.07) is 0. The molecule has 30 heavy (non-hydrogen) atoms. The van der Waals surface area contributed by atoms with Crippen LogP contribution in [0.15, 0.2) is 6.20 Å². The predicted octanol–water partition coefficient (Wildman–Crippen LogP) is 0.938. The van der Waals surface area contributed by atoms with E-state index >= 15 is 0 Å². The molecule has 3 heterocycles. The molecule has 0 bridgehead atoms. The average molecular weight is 457 g/mol. The maximum Gasteiger partial charge on any atom is 0.421 e. The summed E-state index contributed by atoms with van der Waals surface area (Å²) in [7, 11) is 5.76. The molecular weight excluding hydrogens is 439 g/mol. The van der Waals surface area contributed by atoms with Crippen molar-refractivity contribution in [2.24, 2.45) is 0 Å². The monoisotopic (exact) mass is 457 g/mol. The molecular formula is C15H18B3ClF3N5O2S. The summed E-state index contributed by atoms with van der Waals surface area (Å²) in [5.41, 5.74) is -1.93. The van der Waals surface area contributed by atoms with Gasteiger partial charge in [0.05, 0.1) is 30.1 Å². The molecule has 1 fully saturated rings. The number of nitrogens with zero attached hydrogens (tertiary/aromatic N) is 3. The van der Waals surface area contributed by atoms with Gasteiger partial charge in [0.1, 0.15) is 26.8 Å². The molecule has 1 aliphatic rings. The third-order valence-electron chi connectivity index (χ3n) is 4.95. The van der Waals surface area contributed by atoms with Crippen LogP contribution >= 0.6 is 22.9 Å². The first-order valence-corrected chi connectivity index (χ1v) is 10.4. The Morgan fingerprint density at radius 2 is 2.03 bits per heavy atom. The molecule has 0 saturated carbocycles. The van der Waals surface area contributed by atoms with Crippen LogP contribution in [0.1, 0.15) is 23.9 Å². The molecule has 3 rings (SSSR count). The Balaban J connectivity index is 1.97. The van der Waals surface area contributed by atoms with Crippen LogP contribution in [0.4, 0.5) is 29.9 Å². The number of halogens is 4. The van der Waals surface area contributed by atoms with Crippen LogP contribution in [-0.4, -0.2) is 57.6 Å². The Bertz CT molecular complexity index is 972. The summed E-state index contributed by atoms with van der Waals surface area (Å²) in [6.45, 7) is 2.19. The second kappa shape index (κ2) is 7.95. The van der Waals surface area contributed by atoms with E-state index in [0.29, 0.717) is 22.6 Å². The zero-order valence-electron chi connectivity index (χ0n) is 16.8. The number of esters is 1. The Morgan fingerprint density at radius 1 is 1.33 bits per heavy atom. The van der Waals surface area contributed by atoms with Gasteiger partial charge in [0, 0.05) is 19.2 Å². The van der Waals surface area contributed by atoms with E-state index in [9.17, 15) is 18.0 Å². The van der Waals surface area contributed by atoms with Crippen LogP contribution in [0.3, 0.4) is 0 Å². The van der Waals surface area contributed by atoms with Crippen molar-refractivity contribution in [2.75, 3.05) is 23.8 Å². The summed E-state index contributed by atoms with van der Waals surface area (Å²) in [5.74, 6) is -0.782. The van der Waals surface area contributed by atoms with Gasteiger partial charge in [-0.25, -0.2) is 9.97 Å². The molecule has 0 radical (unpaired) electrons. The number of thiazole rings is 1. The van der Waals surface area contributed by atoms with Gasteiger partial charge in [-0.3, -0.25) is 4.79 Å². The van der Waals surface area contributed by atoms with Crippen LogP contribution in [0.2, 0.25) is 10.3 Å². The number of aromatic nitrogens is 3. The van der Waals surface area contributed by atoms with Crippen LogP contribution in [0.5, 0.6) is 0 Å². The third kappa shape index (κ3) is 3.99. The van der Waals surface area contributed by atoms with Crippen molar-refractivity contribution in [1.29, 1.82) is 0 Å². The molecule has 0 unspecified atom stereocenters. The summed E-state index contributed by atoms with van der Waals surface area (Å²) in [4.78, 5) is 24.7. The Labute approximate surface area is 182 Å². The van der Waals surface area contributed by atoms with E-state index < -0.39 is 22.3 Å². The van der Waals surface area contributed by atoms with Crippen molar-refractivity contribution in [3.05, 3.63) is 21.9 Å². The predicted molar refractivity (Wildman–Crippen MR) is 117 cm³/mol. The first-order chi connectivity index (χ1) is 13.9. The first-order valence-electron chi connectivity index (χ1n) is 9.19. The van der Waals surface area contributed by atoms with Gasteiger partial charge >= 0.3 is 12.1 Å². The molecule has 0 aliphatic carbocycles. The zero-order chi connectivity index (χ0) is 22.3. The zero-order valence-corrected chi connectivity index (χ0v) is 18.3. The van der Waals surface area contributed by atoms with Crippen LogP contribution in [-0.2, 0) is 21.1 Å². The fourth-order valence-electron chi connectivity index (χ4n) is 3.33. The summed E-state index contributed by atoms with van der Waals surface area (Å²) < 4.78 is 44.7. The van der Waals surface area contributed by atoms with E-state index in [1.165, 1.54) is 0 Å². The highest BCUT2D eigenvalue weighted by Gasteiger charge is 2.56. The molecule has 0 spiro atoms. The molecule has 15 heteroatoms. The van der Waals surface area contributed by atoms with Gasteiger partial charge in [-0.15, -0.1) is 0 Å². The molecule has 0 amide bonds. The topological polar surface area (TPSA) is 89.0 Å². The van der Waals surface area contributed by atoms with E-state index in [-0.39, 0.29) is 36.0 Å². The summed E-state index contributed by atoms with van der Waals surface area (Å²) >= 11 is 7.40. The highest BCUT2D eigenvalue weighted by Crippen LogP contribution is 2.51. The SMILES string of the molecule is BC(B)(B)[C@]1(c2nc(Cl)c(Nc3ncc(C(F)(F)F)c(NCC)n3)s2)CCOC1=O. The normalized spacial score (nSPS) is 19.6. The maximum absolute atomic E-state index is 13.1. The van der Waals surface area contributed by atoms with Gasteiger partial charge in [-0.2, -0.15) is 18.2 Å². The molecule has 2 aromatic heterocycles. The van der Waals surface area contributed by atoms with E-state index in [1.807, 2.05) is 23.5 Å². The minimum absolute atomic E-state index is 0.0742.